The van der Waals surface area contributed by atoms with Gasteiger partial charge in [-0.2, -0.15) is 11.8 Å². The first-order valence-electron chi connectivity index (χ1n) is 7.24. The molecule has 0 aromatic heterocycles. The molecule has 19 heavy (non-hydrogen) atoms. The Hall–Kier alpha value is -0.510. The Morgan fingerprint density at radius 3 is 2.63 bits per heavy atom. The van der Waals surface area contributed by atoms with E-state index >= 15 is 0 Å². The van der Waals surface area contributed by atoms with Crippen LogP contribution in [0.25, 0.3) is 0 Å². The van der Waals surface area contributed by atoms with Crippen LogP contribution in [-0.2, 0) is 5.54 Å². The summed E-state index contributed by atoms with van der Waals surface area (Å²) in [6.07, 6.45) is 5.08. The van der Waals surface area contributed by atoms with E-state index in [0.717, 1.165) is 13.1 Å². The van der Waals surface area contributed by atoms with Crippen molar-refractivity contribution in [2.24, 2.45) is 0 Å². The number of thioether (sulfide) groups is 1. The van der Waals surface area contributed by atoms with Crippen LogP contribution in [0.1, 0.15) is 25.3 Å². The summed E-state index contributed by atoms with van der Waals surface area (Å²) < 4.78 is 0.578. The minimum Gasteiger partial charge on any atom is -0.305 e. The third kappa shape index (κ3) is 2.83. The van der Waals surface area contributed by atoms with Crippen LogP contribution in [0, 0.1) is 0 Å². The number of benzene rings is 1. The maximum atomic E-state index is 3.72. The van der Waals surface area contributed by atoms with Crippen LogP contribution in [0.15, 0.2) is 30.3 Å². The number of hydrogen-bond donors (Lipinski definition) is 1. The zero-order valence-electron chi connectivity index (χ0n) is 12.0. The van der Waals surface area contributed by atoms with Gasteiger partial charge >= 0.3 is 0 Å². The monoisotopic (exact) mass is 276 g/mol. The Morgan fingerprint density at radius 1 is 1.26 bits per heavy atom. The Balaban J connectivity index is 1.71. The second-order valence-electron chi connectivity index (χ2n) is 6.22. The highest BCUT2D eigenvalue weighted by Crippen LogP contribution is 2.48. The molecule has 1 saturated heterocycles. The van der Waals surface area contributed by atoms with Gasteiger partial charge in [0.2, 0.25) is 0 Å². The van der Waals surface area contributed by atoms with Crippen molar-refractivity contribution < 1.29 is 0 Å². The van der Waals surface area contributed by atoms with E-state index in [1.165, 1.54) is 31.5 Å². The third-order valence-electron chi connectivity index (χ3n) is 4.65. The summed E-state index contributed by atoms with van der Waals surface area (Å²) in [6, 6.07) is 10.9. The molecule has 1 saturated carbocycles. The van der Waals surface area contributed by atoms with Gasteiger partial charge in [0, 0.05) is 30.9 Å². The molecule has 0 spiro atoms. The number of nitrogens with one attached hydrogen (secondary N) is 1. The Kier molecular flexibility index (Phi) is 3.63. The molecule has 1 heterocycles. The van der Waals surface area contributed by atoms with Gasteiger partial charge in [-0.05, 0) is 31.6 Å². The van der Waals surface area contributed by atoms with Crippen molar-refractivity contribution in [2.75, 3.05) is 32.4 Å². The average molecular weight is 276 g/mol. The van der Waals surface area contributed by atoms with Gasteiger partial charge in [-0.3, -0.25) is 4.90 Å². The first-order valence-corrected chi connectivity index (χ1v) is 8.46. The lowest BCUT2D eigenvalue weighted by molar-refractivity contribution is 0.141. The maximum absolute atomic E-state index is 3.72. The lowest BCUT2D eigenvalue weighted by Crippen LogP contribution is -2.57. The SMILES string of the molecule is CSC1(CN2CCNC(C)(c3ccccc3)C2)CC1. The number of nitrogens with zero attached hydrogens (tertiary/aromatic N) is 1. The first-order chi connectivity index (χ1) is 9.16. The molecular formula is C16H24N2S. The Labute approximate surface area is 121 Å². The molecule has 1 aliphatic heterocycles. The van der Waals surface area contributed by atoms with Gasteiger partial charge in [-0.15, -0.1) is 0 Å². The zero-order chi connectivity index (χ0) is 13.3. The molecule has 104 valence electrons. The zero-order valence-corrected chi connectivity index (χ0v) is 12.8. The van der Waals surface area contributed by atoms with Crippen LogP contribution in [0.3, 0.4) is 0 Å². The molecule has 2 nitrogen and oxygen atoms in total. The van der Waals surface area contributed by atoms with Crippen LogP contribution in [0.2, 0.25) is 0 Å². The molecule has 1 aromatic carbocycles. The normalized spacial score (nSPS) is 30.2. The van der Waals surface area contributed by atoms with Crippen molar-refractivity contribution in [3.63, 3.8) is 0 Å². The molecule has 0 amide bonds. The summed E-state index contributed by atoms with van der Waals surface area (Å²) in [5.41, 5.74) is 1.52. The van der Waals surface area contributed by atoms with E-state index < -0.39 is 0 Å². The molecule has 2 fully saturated rings. The average Bonchev–Trinajstić information content (AvgIpc) is 3.20. The topological polar surface area (TPSA) is 15.3 Å². The fourth-order valence-electron chi connectivity index (χ4n) is 3.18. The second kappa shape index (κ2) is 5.12. The fraction of sp³-hybridized carbons (Fsp3) is 0.625. The summed E-state index contributed by atoms with van der Waals surface area (Å²) in [5.74, 6) is 0. The van der Waals surface area contributed by atoms with Crippen molar-refractivity contribution in [1.29, 1.82) is 0 Å². The summed E-state index contributed by atoms with van der Waals surface area (Å²) in [7, 11) is 0. The van der Waals surface area contributed by atoms with E-state index in [2.05, 4.69) is 65.5 Å². The van der Waals surface area contributed by atoms with E-state index in [9.17, 15) is 0 Å². The van der Waals surface area contributed by atoms with Crippen LogP contribution in [0.4, 0.5) is 0 Å². The van der Waals surface area contributed by atoms with Crippen molar-refractivity contribution >= 4 is 11.8 Å². The molecule has 2 aliphatic rings. The summed E-state index contributed by atoms with van der Waals surface area (Å²) in [4.78, 5) is 2.66. The molecule has 0 radical (unpaired) electrons. The van der Waals surface area contributed by atoms with E-state index in [0.29, 0.717) is 4.75 Å². The Bertz CT molecular complexity index is 430. The van der Waals surface area contributed by atoms with Crippen LogP contribution in [-0.4, -0.2) is 42.1 Å². The van der Waals surface area contributed by atoms with Crippen LogP contribution < -0.4 is 5.32 Å². The highest BCUT2D eigenvalue weighted by atomic mass is 32.2. The van der Waals surface area contributed by atoms with E-state index in [4.69, 9.17) is 0 Å². The molecule has 1 unspecified atom stereocenters. The molecule has 1 N–H and O–H groups in total. The van der Waals surface area contributed by atoms with Gasteiger partial charge in [0.1, 0.15) is 0 Å². The van der Waals surface area contributed by atoms with E-state index in [1.807, 2.05) is 0 Å². The predicted molar refractivity (Wildman–Crippen MR) is 83.7 cm³/mol. The van der Waals surface area contributed by atoms with Crippen molar-refractivity contribution in [1.82, 2.24) is 10.2 Å². The van der Waals surface area contributed by atoms with Crippen LogP contribution >= 0.6 is 11.8 Å². The number of hydrogen-bond acceptors (Lipinski definition) is 3. The summed E-state index contributed by atoms with van der Waals surface area (Å²) in [6.45, 7) is 7.01. The first kappa shape index (κ1) is 13.5. The summed E-state index contributed by atoms with van der Waals surface area (Å²) >= 11 is 2.07. The quantitative estimate of drug-likeness (QED) is 0.910. The van der Waals surface area contributed by atoms with Crippen LogP contribution in [0.5, 0.6) is 0 Å². The summed E-state index contributed by atoms with van der Waals surface area (Å²) in [5, 5.41) is 3.72. The molecule has 1 aliphatic carbocycles. The minimum atomic E-state index is 0.105. The largest absolute Gasteiger partial charge is 0.305 e. The van der Waals surface area contributed by atoms with Gasteiger partial charge in [-0.1, -0.05) is 30.3 Å². The molecule has 1 atom stereocenters. The Morgan fingerprint density at radius 2 is 2.00 bits per heavy atom. The van der Waals surface area contributed by atoms with Crippen molar-refractivity contribution in [3.05, 3.63) is 35.9 Å². The second-order valence-corrected chi connectivity index (χ2v) is 7.50. The molecule has 0 bridgehead atoms. The number of piperazine rings is 1. The van der Waals surface area contributed by atoms with Gasteiger partial charge in [0.25, 0.3) is 0 Å². The lowest BCUT2D eigenvalue weighted by Gasteiger charge is -2.43. The lowest BCUT2D eigenvalue weighted by atomic mass is 9.89. The highest BCUT2D eigenvalue weighted by molar-refractivity contribution is 8.00. The van der Waals surface area contributed by atoms with E-state index in [1.54, 1.807) is 0 Å². The highest BCUT2D eigenvalue weighted by Gasteiger charge is 2.44. The van der Waals surface area contributed by atoms with Crippen molar-refractivity contribution in [3.8, 4) is 0 Å². The maximum Gasteiger partial charge on any atom is 0.0535 e. The fourth-order valence-corrected chi connectivity index (χ4v) is 4.00. The standard InChI is InChI=1S/C16H24N2S/c1-15(14-6-4-3-5-7-14)12-18(11-10-17-15)13-16(19-2)8-9-16/h3-7,17H,8-13H2,1-2H3. The molecular weight excluding hydrogens is 252 g/mol. The van der Waals surface area contributed by atoms with Gasteiger partial charge in [0.15, 0.2) is 0 Å². The third-order valence-corrected chi connectivity index (χ3v) is 6.05. The van der Waals surface area contributed by atoms with Crippen molar-refractivity contribution in [2.45, 2.75) is 30.1 Å². The smallest absolute Gasteiger partial charge is 0.0535 e. The molecule has 3 heteroatoms. The van der Waals surface area contributed by atoms with E-state index in [-0.39, 0.29) is 5.54 Å². The molecule has 3 rings (SSSR count). The number of rotatable bonds is 4. The minimum absolute atomic E-state index is 0.105. The van der Waals surface area contributed by atoms with Gasteiger partial charge < -0.3 is 5.32 Å². The predicted octanol–water partition coefficient (Wildman–Crippen LogP) is 2.70. The van der Waals surface area contributed by atoms with Gasteiger partial charge in [0.05, 0.1) is 5.54 Å². The molecule has 1 aromatic rings. The van der Waals surface area contributed by atoms with Gasteiger partial charge in [-0.25, -0.2) is 0 Å².